The lowest BCUT2D eigenvalue weighted by molar-refractivity contribution is 0.0650. The Hall–Kier alpha value is -0.860. The van der Waals surface area contributed by atoms with Gasteiger partial charge >= 0.3 is 0 Å². The first-order valence-corrected chi connectivity index (χ1v) is 5.01. The van der Waals surface area contributed by atoms with Crippen molar-refractivity contribution in [2.24, 2.45) is 0 Å². The van der Waals surface area contributed by atoms with E-state index in [-0.39, 0.29) is 0 Å². The van der Waals surface area contributed by atoms with Crippen LogP contribution in [0.1, 0.15) is 18.1 Å². The molecule has 1 N–H and O–H groups in total. The molecule has 2 heteroatoms. The summed E-state index contributed by atoms with van der Waals surface area (Å²) < 4.78 is 4.87. The van der Waals surface area contributed by atoms with Gasteiger partial charge in [0.05, 0.1) is 12.7 Å². The quantitative estimate of drug-likeness (QED) is 0.774. The van der Waals surface area contributed by atoms with Crippen molar-refractivity contribution in [3.05, 3.63) is 35.4 Å². The maximum Gasteiger partial charge on any atom is 0.0813 e. The van der Waals surface area contributed by atoms with E-state index in [4.69, 9.17) is 4.74 Å². The highest BCUT2D eigenvalue weighted by molar-refractivity contribution is 5.22. The van der Waals surface area contributed by atoms with Crippen LogP contribution in [-0.4, -0.2) is 24.9 Å². The molecule has 0 aliphatic heterocycles. The minimum Gasteiger partial charge on any atom is -0.390 e. The van der Waals surface area contributed by atoms with Crippen LogP contribution < -0.4 is 0 Å². The predicted molar refractivity (Wildman–Crippen MR) is 57.4 cm³/mol. The summed E-state index contributed by atoms with van der Waals surface area (Å²) in [6.07, 6.45) is 1.33. The highest BCUT2D eigenvalue weighted by atomic mass is 16.5. The number of aliphatic hydroxyl groups is 1. The minimum absolute atomic E-state index is 0.396. The lowest BCUT2D eigenvalue weighted by atomic mass is 10.1. The second kappa shape index (κ2) is 5.78. The third-order valence-corrected chi connectivity index (χ3v) is 2.26. The Morgan fingerprint density at radius 2 is 1.79 bits per heavy atom. The molecule has 0 bridgehead atoms. The zero-order valence-corrected chi connectivity index (χ0v) is 8.86. The van der Waals surface area contributed by atoms with Crippen molar-refractivity contribution in [3.63, 3.8) is 0 Å². The summed E-state index contributed by atoms with van der Waals surface area (Å²) in [7, 11) is 1.60. The molecular weight excluding hydrogens is 176 g/mol. The molecule has 0 radical (unpaired) electrons. The second-order valence-corrected chi connectivity index (χ2v) is 3.48. The third kappa shape index (κ3) is 3.48. The van der Waals surface area contributed by atoms with E-state index in [1.165, 1.54) is 5.56 Å². The van der Waals surface area contributed by atoms with E-state index in [0.29, 0.717) is 13.0 Å². The van der Waals surface area contributed by atoms with Crippen LogP contribution in [0.25, 0.3) is 0 Å². The predicted octanol–water partition coefficient (Wildman–Crippen LogP) is 1.80. The molecule has 1 aromatic carbocycles. The van der Waals surface area contributed by atoms with Gasteiger partial charge < -0.3 is 9.84 Å². The number of methoxy groups -OCH3 is 1. The molecule has 1 aromatic rings. The third-order valence-electron chi connectivity index (χ3n) is 2.26. The van der Waals surface area contributed by atoms with Gasteiger partial charge in [-0.2, -0.15) is 0 Å². The normalized spacial score (nSPS) is 12.8. The molecule has 0 spiro atoms. The maximum atomic E-state index is 9.50. The molecule has 1 atom stereocenters. The highest BCUT2D eigenvalue weighted by Gasteiger charge is 2.04. The highest BCUT2D eigenvalue weighted by Crippen LogP contribution is 2.07. The smallest absolute Gasteiger partial charge is 0.0813 e. The summed E-state index contributed by atoms with van der Waals surface area (Å²) in [5, 5.41) is 9.50. The zero-order chi connectivity index (χ0) is 10.4. The van der Waals surface area contributed by atoms with Gasteiger partial charge in [-0.25, -0.2) is 0 Å². The van der Waals surface area contributed by atoms with Crippen LogP contribution >= 0.6 is 0 Å². The Morgan fingerprint density at radius 3 is 2.29 bits per heavy atom. The number of ether oxygens (including phenoxy) is 1. The summed E-state index contributed by atoms with van der Waals surface area (Å²) in [5.74, 6) is 0. The number of hydrogen-bond donors (Lipinski definition) is 1. The molecule has 0 aliphatic carbocycles. The average molecular weight is 194 g/mol. The molecule has 1 rings (SSSR count). The molecule has 2 nitrogen and oxygen atoms in total. The molecule has 0 aromatic heterocycles. The molecule has 0 saturated heterocycles. The van der Waals surface area contributed by atoms with Gasteiger partial charge in [0, 0.05) is 13.5 Å². The summed E-state index contributed by atoms with van der Waals surface area (Å²) >= 11 is 0. The first kappa shape index (κ1) is 11.2. The van der Waals surface area contributed by atoms with E-state index >= 15 is 0 Å². The SMILES string of the molecule is CCc1ccc(CC(O)COC)cc1. The van der Waals surface area contributed by atoms with E-state index in [2.05, 4.69) is 31.2 Å². The number of aryl methyl sites for hydroxylation is 1. The standard InChI is InChI=1S/C12H18O2/c1-3-10-4-6-11(7-5-10)8-12(13)9-14-2/h4-7,12-13H,3,8-9H2,1-2H3. The van der Waals surface area contributed by atoms with Crippen LogP contribution in [0.15, 0.2) is 24.3 Å². The fourth-order valence-electron chi connectivity index (χ4n) is 1.43. The minimum atomic E-state index is -0.396. The Labute approximate surface area is 85.5 Å². The zero-order valence-electron chi connectivity index (χ0n) is 8.86. The van der Waals surface area contributed by atoms with E-state index < -0.39 is 6.10 Å². The van der Waals surface area contributed by atoms with Crippen molar-refractivity contribution >= 4 is 0 Å². The van der Waals surface area contributed by atoms with Crippen molar-refractivity contribution in [2.45, 2.75) is 25.9 Å². The summed E-state index contributed by atoms with van der Waals surface area (Å²) in [4.78, 5) is 0. The van der Waals surface area contributed by atoms with Crippen LogP contribution in [-0.2, 0) is 17.6 Å². The fraction of sp³-hybridized carbons (Fsp3) is 0.500. The fourth-order valence-corrected chi connectivity index (χ4v) is 1.43. The average Bonchev–Trinajstić information content (AvgIpc) is 2.19. The molecule has 1 unspecified atom stereocenters. The summed E-state index contributed by atoms with van der Waals surface area (Å²) in [6, 6.07) is 8.35. The Kier molecular flexibility index (Phi) is 4.63. The number of aliphatic hydroxyl groups excluding tert-OH is 1. The van der Waals surface area contributed by atoms with Gasteiger partial charge in [0.25, 0.3) is 0 Å². The lowest BCUT2D eigenvalue weighted by Crippen LogP contribution is -2.16. The van der Waals surface area contributed by atoms with Crippen molar-refractivity contribution in [3.8, 4) is 0 Å². The van der Waals surface area contributed by atoms with Gasteiger partial charge in [-0.05, 0) is 17.5 Å². The summed E-state index contributed by atoms with van der Waals surface area (Å²) in [5.41, 5.74) is 2.49. The molecule has 0 heterocycles. The van der Waals surface area contributed by atoms with Crippen LogP contribution in [0.2, 0.25) is 0 Å². The van der Waals surface area contributed by atoms with Gasteiger partial charge in [0.15, 0.2) is 0 Å². The Balaban J connectivity index is 2.50. The van der Waals surface area contributed by atoms with Crippen molar-refractivity contribution in [2.75, 3.05) is 13.7 Å². The van der Waals surface area contributed by atoms with E-state index in [0.717, 1.165) is 12.0 Å². The van der Waals surface area contributed by atoms with Crippen LogP contribution in [0, 0.1) is 0 Å². The van der Waals surface area contributed by atoms with E-state index in [1.807, 2.05) is 0 Å². The molecule has 0 saturated carbocycles. The van der Waals surface area contributed by atoms with Crippen LogP contribution in [0.3, 0.4) is 0 Å². The monoisotopic (exact) mass is 194 g/mol. The Bertz CT molecular complexity index is 254. The van der Waals surface area contributed by atoms with Crippen molar-refractivity contribution < 1.29 is 9.84 Å². The first-order valence-electron chi connectivity index (χ1n) is 5.01. The second-order valence-electron chi connectivity index (χ2n) is 3.48. The topological polar surface area (TPSA) is 29.5 Å². The molecule has 0 aliphatic rings. The van der Waals surface area contributed by atoms with Gasteiger partial charge in [-0.15, -0.1) is 0 Å². The number of rotatable bonds is 5. The van der Waals surface area contributed by atoms with Crippen LogP contribution in [0.4, 0.5) is 0 Å². The largest absolute Gasteiger partial charge is 0.390 e. The van der Waals surface area contributed by atoms with Crippen molar-refractivity contribution in [1.82, 2.24) is 0 Å². The molecular formula is C12H18O2. The van der Waals surface area contributed by atoms with Gasteiger partial charge in [-0.1, -0.05) is 31.2 Å². The molecule has 78 valence electrons. The van der Waals surface area contributed by atoms with Gasteiger partial charge in [0.2, 0.25) is 0 Å². The first-order chi connectivity index (χ1) is 6.76. The molecule has 0 amide bonds. The van der Waals surface area contributed by atoms with E-state index in [9.17, 15) is 5.11 Å². The number of benzene rings is 1. The lowest BCUT2D eigenvalue weighted by Gasteiger charge is -2.09. The van der Waals surface area contributed by atoms with Crippen LogP contribution in [0.5, 0.6) is 0 Å². The van der Waals surface area contributed by atoms with Gasteiger partial charge in [0.1, 0.15) is 0 Å². The molecule has 0 fully saturated rings. The maximum absolute atomic E-state index is 9.50. The summed E-state index contributed by atoms with van der Waals surface area (Å²) in [6.45, 7) is 2.53. The van der Waals surface area contributed by atoms with Gasteiger partial charge in [-0.3, -0.25) is 0 Å². The Morgan fingerprint density at radius 1 is 1.21 bits per heavy atom. The van der Waals surface area contributed by atoms with Crippen molar-refractivity contribution in [1.29, 1.82) is 0 Å². The number of hydrogen-bond acceptors (Lipinski definition) is 2. The molecule has 14 heavy (non-hydrogen) atoms. The van der Waals surface area contributed by atoms with E-state index in [1.54, 1.807) is 7.11 Å².